The van der Waals surface area contributed by atoms with Gasteiger partial charge in [-0.1, -0.05) is 0 Å². The molecule has 2 atom stereocenters. The topological polar surface area (TPSA) is 40.5 Å². The second-order valence-electron chi connectivity index (χ2n) is 1.04. The van der Waals surface area contributed by atoms with Crippen LogP contribution in [-0.2, 0) is 0 Å². The number of thiol groups is 2. The molecule has 0 heterocycles. The maximum Gasteiger partial charge on any atom is 0.103 e. The number of hydrogen-bond donors (Lipinski definition) is 4. The molecule has 0 aliphatic heterocycles. The minimum absolute atomic E-state index is 0.135. The molecule has 2 nitrogen and oxygen atoms in total. The predicted octanol–water partition coefficient (Wildman–Crippen LogP) is -0.432. The van der Waals surface area contributed by atoms with Gasteiger partial charge < -0.3 is 10.2 Å². The molecule has 0 saturated heterocycles. The van der Waals surface area contributed by atoms with Crippen LogP contribution in [0.3, 0.4) is 0 Å². The standard InChI is InChI=1S/C4H10O2S2/c5-1-3(6)4(8)2-7/h3-8H,1-2H2/t3-,4-/m1/s1/i2D2,3D,4D/hD2. The lowest BCUT2D eigenvalue weighted by molar-refractivity contribution is 0.0978. The monoisotopic (exact) mass is 160 g/mol. The van der Waals surface area contributed by atoms with E-state index in [-0.39, 0.29) is 25.1 Å². The van der Waals surface area contributed by atoms with Crippen LogP contribution in [0.1, 0.15) is 5.48 Å². The van der Waals surface area contributed by atoms with Crippen LogP contribution in [0.15, 0.2) is 0 Å². The Bertz CT molecular complexity index is 184. The molecule has 0 aromatic rings. The molecule has 0 rings (SSSR count). The van der Waals surface area contributed by atoms with Gasteiger partial charge in [0, 0.05) is 15.0 Å². The highest BCUT2D eigenvalue weighted by molar-refractivity contribution is 7.84. The van der Waals surface area contributed by atoms with Crippen LogP contribution in [0.2, 0.25) is 0 Å². The maximum absolute atomic E-state index is 9.26. The van der Waals surface area contributed by atoms with Crippen molar-refractivity contribution < 1.29 is 15.7 Å². The van der Waals surface area contributed by atoms with Gasteiger partial charge in [-0.25, -0.2) is 0 Å². The molecule has 0 bridgehead atoms. The van der Waals surface area contributed by atoms with Crippen molar-refractivity contribution in [1.29, 1.82) is 2.25 Å². The summed E-state index contributed by atoms with van der Waals surface area (Å²) in [6.45, 7) is -1.18. The van der Waals surface area contributed by atoms with Gasteiger partial charge in [-0.15, -0.1) is 0 Å². The molecule has 0 amide bonds. The smallest absolute Gasteiger partial charge is 0.103 e. The molecule has 0 aliphatic carbocycles. The Hall–Kier alpha value is 0.620. The number of aliphatic hydroxyl groups is 2. The van der Waals surface area contributed by atoms with Crippen molar-refractivity contribution in [2.75, 3.05) is 12.3 Å². The zero-order valence-electron chi connectivity index (χ0n) is 9.92. The summed E-state index contributed by atoms with van der Waals surface area (Å²) in [6.07, 6.45) is -2.84. The second kappa shape index (κ2) is 4.49. The SMILES string of the molecule is [2H]SC([2H])([2H])[C@@]([2H])(S[2H])[C@]([2H])(O)CO. The Balaban J connectivity index is 5.18. The zero-order chi connectivity index (χ0) is 11.6. The average Bonchev–Trinajstić information content (AvgIpc) is 2.15. The van der Waals surface area contributed by atoms with Crippen LogP contribution >= 0.6 is 25.1 Å². The van der Waals surface area contributed by atoms with Crippen molar-refractivity contribution in [2.45, 2.75) is 11.3 Å². The van der Waals surface area contributed by atoms with Crippen molar-refractivity contribution in [3.05, 3.63) is 0 Å². The molecular formula is C4H10O2S2. The first-order chi connectivity index (χ1) is 6.18. The largest absolute Gasteiger partial charge is 0.394 e. The molecular weight excluding hydrogens is 144 g/mol. The maximum atomic E-state index is 9.26. The quantitative estimate of drug-likeness (QED) is 0.412. The third kappa shape index (κ3) is 2.81. The molecule has 0 aromatic carbocycles. The first kappa shape index (κ1) is 2.70. The summed E-state index contributed by atoms with van der Waals surface area (Å²) in [6, 6.07) is 0. The van der Waals surface area contributed by atoms with Crippen LogP contribution in [0.25, 0.3) is 0 Å². The zero-order valence-corrected chi connectivity index (χ0v) is 5.55. The van der Waals surface area contributed by atoms with Crippen molar-refractivity contribution in [1.82, 2.24) is 0 Å². The Kier molecular flexibility index (Phi) is 1.52. The lowest BCUT2D eigenvalue weighted by atomic mass is 10.3. The highest BCUT2D eigenvalue weighted by Crippen LogP contribution is 2.02. The van der Waals surface area contributed by atoms with E-state index in [1.54, 1.807) is 0 Å². The van der Waals surface area contributed by atoms with E-state index in [0.29, 0.717) is 0 Å². The van der Waals surface area contributed by atoms with E-state index in [4.69, 9.17) is 12.8 Å². The van der Waals surface area contributed by atoms with E-state index in [0.717, 1.165) is 0 Å². The van der Waals surface area contributed by atoms with Gasteiger partial charge >= 0.3 is 0 Å². The van der Waals surface area contributed by atoms with Gasteiger partial charge in [0.15, 0.2) is 0 Å². The molecule has 0 radical (unpaired) electrons. The molecule has 0 spiro atoms. The Labute approximate surface area is 67.5 Å². The lowest BCUT2D eigenvalue weighted by Gasteiger charge is -2.11. The Morgan fingerprint density at radius 3 is 3.12 bits per heavy atom. The van der Waals surface area contributed by atoms with Crippen LogP contribution in [0.5, 0.6) is 0 Å². The third-order valence-electron chi connectivity index (χ3n) is 0.505. The summed E-state index contributed by atoms with van der Waals surface area (Å²) in [5.74, 6) is 0. The summed E-state index contributed by atoms with van der Waals surface area (Å²) in [7, 11) is 0. The van der Waals surface area contributed by atoms with E-state index >= 15 is 0 Å². The molecule has 0 aliphatic rings. The molecule has 0 fully saturated rings. The van der Waals surface area contributed by atoms with Crippen LogP contribution in [0, 0.1) is 0 Å². The lowest BCUT2D eigenvalue weighted by Crippen LogP contribution is -2.25. The van der Waals surface area contributed by atoms with E-state index < -0.39 is 23.6 Å². The summed E-state index contributed by atoms with van der Waals surface area (Å²) in [5.41, 5.74) is -2.64. The fraction of sp³-hybridized carbons (Fsp3) is 1.00. The van der Waals surface area contributed by atoms with E-state index in [1.807, 2.05) is 0 Å². The molecule has 0 aromatic heterocycles. The fourth-order valence-electron chi connectivity index (χ4n) is 0.131. The summed E-state index contributed by atoms with van der Waals surface area (Å²) >= 11 is -0.297. The van der Waals surface area contributed by atoms with Crippen LogP contribution in [0.4, 0.5) is 0 Å². The minimum Gasteiger partial charge on any atom is -0.394 e. The van der Waals surface area contributed by atoms with Gasteiger partial charge in [0.1, 0.15) is 2.25 Å². The predicted molar refractivity (Wildman–Crippen MR) is 39.7 cm³/mol. The average molecular weight is 160 g/mol. The molecule has 4 heteroatoms. The van der Waals surface area contributed by atoms with Crippen molar-refractivity contribution in [2.24, 2.45) is 0 Å². The number of rotatable bonds is 5. The van der Waals surface area contributed by atoms with Gasteiger partial charge in [0.25, 0.3) is 0 Å². The highest BCUT2D eigenvalue weighted by Gasteiger charge is 2.10. The highest BCUT2D eigenvalue weighted by atomic mass is 32.1. The molecule has 50 valence electrons. The van der Waals surface area contributed by atoms with Gasteiger partial charge in [0.2, 0.25) is 0 Å². The van der Waals surface area contributed by atoms with Gasteiger partial charge in [-0.3, -0.25) is 0 Å². The Morgan fingerprint density at radius 2 is 2.75 bits per heavy atom. The van der Waals surface area contributed by atoms with Crippen molar-refractivity contribution >= 4 is 25.1 Å². The summed E-state index contributed by atoms with van der Waals surface area (Å²) < 4.78 is 42.6. The summed E-state index contributed by atoms with van der Waals surface area (Å²) in [4.78, 5) is 0. The first-order valence-corrected chi connectivity index (χ1v) is 2.62. The van der Waals surface area contributed by atoms with Crippen LogP contribution < -0.4 is 0 Å². The van der Waals surface area contributed by atoms with Gasteiger partial charge in [0.05, 0.1) is 14.1 Å². The number of aliphatic hydroxyl groups excluding tert-OH is 1. The van der Waals surface area contributed by atoms with Gasteiger partial charge in [-0.05, 0) is 0 Å². The first-order valence-electron chi connectivity index (χ1n) is 4.62. The second-order valence-corrected chi connectivity index (χ2v) is 1.65. The van der Waals surface area contributed by atoms with E-state index in [2.05, 4.69) is 0 Å². The fourth-order valence-corrected chi connectivity index (χ4v) is 0.313. The molecule has 2 N–H and O–H groups in total. The molecule has 8 heavy (non-hydrogen) atoms. The Morgan fingerprint density at radius 1 is 2.00 bits per heavy atom. The van der Waals surface area contributed by atoms with Gasteiger partial charge in [-0.2, -0.15) is 25.1 Å². The van der Waals surface area contributed by atoms with E-state index in [9.17, 15) is 5.11 Å². The van der Waals surface area contributed by atoms with Crippen molar-refractivity contribution in [3.8, 4) is 0 Å². The minimum atomic E-state index is -2.84. The van der Waals surface area contributed by atoms with Crippen molar-refractivity contribution in [3.63, 3.8) is 0 Å². The molecule has 0 unspecified atom stereocenters. The van der Waals surface area contributed by atoms with Crippen LogP contribution in [-0.4, -0.2) is 36.1 Å². The summed E-state index contributed by atoms with van der Waals surface area (Å²) in [5, 5.41) is 15.2. The number of hydrogen-bond acceptors (Lipinski definition) is 4. The van der Waals surface area contributed by atoms with E-state index in [1.165, 1.54) is 0 Å². The molecule has 0 saturated carbocycles. The normalized spacial score (nSPS) is 38.2. The third-order valence-corrected chi connectivity index (χ3v) is 1.18.